The minimum absolute atomic E-state index is 0.188. The van der Waals surface area contributed by atoms with Crippen LogP contribution in [0.5, 0.6) is 0 Å². The number of hydrogen-bond donors (Lipinski definition) is 1. The van der Waals surface area contributed by atoms with Crippen LogP contribution in [-0.2, 0) is 27.3 Å². The zero-order valence-electron chi connectivity index (χ0n) is 15.5. The van der Waals surface area contributed by atoms with Gasteiger partial charge in [0.2, 0.25) is 0 Å². The Morgan fingerprint density at radius 1 is 1.04 bits per heavy atom. The van der Waals surface area contributed by atoms with Crippen LogP contribution in [0.25, 0.3) is 21.8 Å². The summed E-state index contributed by atoms with van der Waals surface area (Å²) in [6.45, 7) is 2.70. The highest BCUT2D eigenvalue weighted by molar-refractivity contribution is 7.10. The van der Waals surface area contributed by atoms with Crippen LogP contribution < -0.4 is 5.32 Å². The Balaban J connectivity index is 1.46. The SMILES string of the molecule is CCn1c2ccccc2c2cc(NC(=O)COC(=O)Cc3cccs3)ccc21. The molecular weight excluding hydrogens is 372 g/mol. The lowest BCUT2D eigenvalue weighted by molar-refractivity contribution is -0.146. The zero-order chi connectivity index (χ0) is 19.5. The maximum atomic E-state index is 12.2. The molecule has 0 aliphatic heterocycles. The van der Waals surface area contributed by atoms with Crippen molar-refractivity contribution in [1.29, 1.82) is 0 Å². The van der Waals surface area contributed by atoms with Gasteiger partial charge in [0.1, 0.15) is 0 Å². The Bertz CT molecular complexity index is 1150. The molecule has 0 fully saturated rings. The summed E-state index contributed by atoms with van der Waals surface area (Å²) in [6.07, 6.45) is 0.188. The quantitative estimate of drug-likeness (QED) is 0.488. The molecule has 5 nitrogen and oxygen atoms in total. The minimum atomic E-state index is -0.404. The Labute approximate surface area is 166 Å². The maximum absolute atomic E-state index is 12.2. The number of thiophene rings is 1. The van der Waals surface area contributed by atoms with Crippen LogP contribution >= 0.6 is 11.3 Å². The molecule has 2 heterocycles. The van der Waals surface area contributed by atoms with Gasteiger partial charge in [-0.2, -0.15) is 0 Å². The summed E-state index contributed by atoms with van der Waals surface area (Å²) >= 11 is 1.49. The number of hydrogen-bond acceptors (Lipinski definition) is 4. The number of carbonyl (C=O) groups excluding carboxylic acids is 2. The van der Waals surface area contributed by atoms with Crippen molar-refractivity contribution in [3.05, 3.63) is 64.9 Å². The smallest absolute Gasteiger partial charge is 0.311 e. The third-order valence-electron chi connectivity index (χ3n) is 4.64. The van der Waals surface area contributed by atoms with Gasteiger partial charge in [0, 0.05) is 38.9 Å². The number of anilines is 1. The molecule has 0 atom stereocenters. The Morgan fingerprint density at radius 3 is 2.64 bits per heavy atom. The molecule has 6 heteroatoms. The van der Waals surface area contributed by atoms with Gasteiger partial charge in [0.25, 0.3) is 5.91 Å². The number of fused-ring (bicyclic) bond motifs is 3. The molecule has 0 spiro atoms. The number of nitrogens with zero attached hydrogens (tertiary/aromatic N) is 1. The van der Waals surface area contributed by atoms with Crippen molar-refractivity contribution >= 4 is 50.7 Å². The number of nitrogens with one attached hydrogen (secondary N) is 1. The molecule has 4 aromatic rings. The van der Waals surface area contributed by atoms with Crippen molar-refractivity contribution < 1.29 is 14.3 Å². The van der Waals surface area contributed by atoms with Crippen LogP contribution in [0.1, 0.15) is 11.8 Å². The molecule has 0 aliphatic carbocycles. The Morgan fingerprint density at radius 2 is 1.86 bits per heavy atom. The van der Waals surface area contributed by atoms with Crippen molar-refractivity contribution in [3.63, 3.8) is 0 Å². The average molecular weight is 392 g/mol. The topological polar surface area (TPSA) is 60.3 Å². The van der Waals surface area contributed by atoms with Crippen molar-refractivity contribution in [2.45, 2.75) is 19.9 Å². The normalized spacial score (nSPS) is 11.0. The third-order valence-corrected chi connectivity index (χ3v) is 5.51. The molecule has 0 bridgehead atoms. The first-order valence-corrected chi connectivity index (χ1v) is 10.0. The van der Waals surface area contributed by atoms with Gasteiger partial charge in [-0.05, 0) is 42.6 Å². The van der Waals surface area contributed by atoms with Crippen molar-refractivity contribution in [2.75, 3.05) is 11.9 Å². The van der Waals surface area contributed by atoms with Gasteiger partial charge in [-0.1, -0.05) is 24.3 Å². The number of ether oxygens (including phenoxy) is 1. The monoisotopic (exact) mass is 392 g/mol. The number of amides is 1. The molecule has 28 heavy (non-hydrogen) atoms. The zero-order valence-corrected chi connectivity index (χ0v) is 16.3. The first kappa shape index (κ1) is 18.3. The van der Waals surface area contributed by atoms with E-state index < -0.39 is 5.97 Å². The lowest BCUT2D eigenvalue weighted by Crippen LogP contribution is -2.21. The molecule has 0 radical (unpaired) electrons. The van der Waals surface area contributed by atoms with Gasteiger partial charge < -0.3 is 14.6 Å². The van der Waals surface area contributed by atoms with Gasteiger partial charge in [-0.25, -0.2) is 0 Å². The van der Waals surface area contributed by atoms with Crippen LogP contribution in [0.15, 0.2) is 60.0 Å². The lowest BCUT2D eigenvalue weighted by atomic mass is 10.1. The largest absolute Gasteiger partial charge is 0.455 e. The van der Waals surface area contributed by atoms with Crippen molar-refractivity contribution in [2.24, 2.45) is 0 Å². The van der Waals surface area contributed by atoms with Gasteiger partial charge in [-0.15, -0.1) is 11.3 Å². The number of aromatic nitrogens is 1. The first-order valence-electron chi connectivity index (χ1n) is 9.14. The number of para-hydroxylation sites is 1. The number of carbonyl (C=O) groups is 2. The lowest BCUT2D eigenvalue weighted by Gasteiger charge is -2.07. The van der Waals surface area contributed by atoms with Crippen LogP contribution in [0.4, 0.5) is 5.69 Å². The van der Waals surface area contributed by atoms with Gasteiger partial charge in [0.15, 0.2) is 6.61 Å². The predicted octanol–water partition coefficient (Wildman–Crippen LogP) is 4.60. The summed E-state index contributed by atoms with van der Waals surface area (Å²) in [5.41, 5.74) is 2.99. The Kier molecular flexibility index (Phi) is 5.12. The van der Waals surface area contributed by atoms with E-state index in [-0.39, 0.29) is 18.9 Å². The number of benzene rings is 2. The van der Waals surface area contributed by atoms with Gasteiger partial charge in [0.05, 0.1) is 6.42 Å². The molecule has 1 amide bonds. The van der Waals surface area contributed by atoms with Crippen molar-refractivity contribution in [1.82, 2.24) is 4.57 Å². The highest BCUT2D eigenvalue weighted by Gasteiger charge is 2.12. The van der Waals surface area contributed by atoms with E-state index in [9.17, 15) is 9.59 Å². The van der Waals surface area contributed by atoms with E-state index in [1.165, 1.54) is 16.9 Å². The first-order chi connectivity index (χ1) is 13.7. The van der Waals surface area contributed by atoms with Crippen LogP contribution in [0.3, 0.4) is 0 Å². The predicted molar refractivity (Wildman–Crippen MR) is 113 cm³/mol. The van der Waals surface area contributed by atoms with Crippen LogP contribution in [0, 0.1) is 0 Å². The van der Waals surface area contributed by atoms with E-state index in [2.05, 4.69) is 28.9 Å². The molecule has 2 aromatic heterocycles. The van der Waals surface area contributed by atoms with Crippen molar-refractivity contribution in [3.8, 4) is 0 Å². The van der Waals surface area contributed by atoms with Gasteiger partial charge >= 0.3 is 5.97 Å². The second-order valence-electron chi connectivity index (χ2n) is 6.46. The minimum Gasteiger partial charge on any atom is -0.455 e. The fourth-order valence-electron chi connectivity index (χ4n) is 3.42. The fraction of sp³-hybridized carbons (Fsp3) is 0.182. The molecule has 2 aromatic carbocycles. The number of aryl methyl sites for hydroxylation is 1. The maximum Gasteiger partial charge on any atom is 0.311 e. The second-order valence-corrected chi connectivity index (χ2v) is 7.49. The average Bonchev–Trinajstić information content (AvgIpc) is 3.32. The summed E-state index contributed by atoms with van der Waals surface area (Å²) in [6, 6.07) is 17.8. The molecule has 4 rings (SSSR count). The molecule has 0 unspecified atom stereocenters. The van der Waals surface area contributed by atoms with E-state index in [4.69, 9.17) is 4.74 Å². The van der Waals surface area contributed by atoms with E-state index in [1.54, 1.807) is 0 Å². The molecule has 0 saturated carbocycles. The van der Waals surface area contributed by atoms with E-state index in [0.29, 0.717) is 5.69 Å². The van der Waals surface area contributed by atoms with Gasteiger partial charge in [-0.3, -0.25) is 9.59 Å². The van der Waals surface area contributed by atoms with Crippen LogP contribution in [-0.4, -0.2) is 23.1 Å². The summed E-state index contributed by atoms with van der Waals surface area (Å²) < 4.78 is 7.33. The molecule has 142 valence electrons. The molecule has 0 aliphatic rings. The molecular formula is C22H20N2O3S. The highest BCUT2D eigenvalue weighted by atomic mass is 32.1. The number of esters is 1. The summed E-state index contributed by atoms with van der Waals surface area (Å²) in [4.78, 5) is 24.9. The second kappa shape index (κ2) is 7.86. The highest BCUT2D eigenvalue weighted by Crippen LogP contribution is 2.30. The summed E-state index contributed by atoms with van der Waals surface area (Å²) in [5, 5.41) is 6.96. The fourth-order valence-corrected chi connectivity index (χ4v) is 4.11. The van der Waals surface area contributed by atoms with Crippen LogP contribution in [0.2, 0.25) is 0 Å². The third kappa shape index (κ3) is 3.64. The van der Waals surface area contributed by atoms with E-state index in [0.717, 1.165) is 27.7 Å². The molecule has 1 N–H and O–H groups in total. The Hall–Kier alpha value is -3.12. The standard InChI is InChI=1S/C22H20N2O3S/c1-2-24-19-8-4-3-7-17(19)18-12-15(9-10-20(18)24)23-21(25)14-27-22(26)13-16-6-5-11-28-16/h3-12H,2,13-14H2,1H3,(H,23,25). The summed E-state index contributed by atoms with van der Waals surface area (Å²) in [5.74, 6) is -0.753. The van der Waals surface area contributed by atoms with E-state index in [1.807, 2.05) is 47.8 Å². The molecule has 0 saturated heterocycles. The van der Waals surface area contributed by atoms with E-state index >= 15 is 0 Å². The summed E-state index contributed by atoms with van der Waals surface area (Å²) in [7, 11) is 0. The number of rotatable bonds is 6.